The molecule has 0 aromatic carbocycles. The first-order valence-corrected chi connectivity index (χ1v) is 6.74. The van der Waals surface area contributed by atoms with Crippen LogP contribution in [0.5, 0.6) is 0 Å². The molecule has 3 aliphatic rings. The fraction of sp³-hybridized carbons (Fsp3) is 1.00. The Bertz CT molecular complexity index is 198. The predicted octanol–water partition coefficient (Wildman–Crippen LogP) is 4.10. The quantitative estimate of drug-likeness (QED) is 0.542. The minimum absolute atomic E-state index is 1.03. The summed E-state index contributed by atoms with van der Waals surface area (Å²) in [5, 5.41) is 0. The number of hydrogen-bond acceptors (Lipinski definition) is 0. The Morgan fingerprint density at radius 1 is 0.643 bits per heavy atom. The summed E-state index contributed by atoms with van der Waals surface area (Å²) >= 11 is 0. The first kappa shape index (κ1) is 9.24. The van der Waals surface area contributed by atoms with E-state index in [2.05, 4.69) is 13.8 Å². The minimum atomic E-state index is 1.03. The van der Waals surface area contributed by atoms with Crippen molar-refractivity contribution in [1.82, 2.24) is 0 Å². The molecule has 6 atom stereocenters. The summed E-state index contributed by atoms with van der Waals surface area (Å²) in [5.74, 6) is 6.49. The molecule has 0 heterocycles. The first-order valence-electron chi connectivity index (χ1n) is 6.74. The molecule has 0 nitrogen and oxygen atoms in total. The topological polar surface area (TPSA) is 0 Å². The summed E-state index contributed by atoms with van der Waals surface area (Å²) in [5.41, 5.74) is 0. The zero-order valence-corrected chi connectivity index (χ0v) is 9.71. The second-order valence-electron chi connectivity index (χ2n) is 6.49. The Labute approximate surface area is 88.5 Å². The van der Waals surface area contributed by atoms with E-state index in [1.165, 1.54) is 0 Å². The van der Waals surface area contributed by atoms with Gasteiger partial charge in [-0.05, 0) is 61.2 Å². The van der Waals surface area contributed by atoms with Gasteiger partial charge in [0, 0.05) is 0 Å². The molecule has 0 aromatic heterocycles. The molecule has 14 heavy (non-hydrogen) atoms. The summed E-state index contributed by atoms with van der Waals surface area (Å²) < 4.78 is 0. The van der Waals surface area contributed by atoms with Gasteiger partial charge in [-0.15, -0.1) is 0 Å². The zero-order chi connectivity index (χ0) is 9.71. The van der Waals surface area contributed by atoms with E-state index in [0.29, 0.717) is 0 Å². The van der Waals surface area contributed by atoms with Crippen molar-refractivity contribution >= 4 is 0 Å². The van der Waals surface area contributed by atoms with Gasteiger partial charge >= 0.3 is 0 Å². The molecule has 4 bridgehead atoms. The number of fused-ring (bicyclic) bond motifs is 4. The van der Waals surface area contributed by atoms with E-state index < -0.39 is 0 Å². The summed E-state index contributed by atoms with van der Waals surface area (Å²) in [4.78, 5) is 0. The molecule has 0 heteroatoms. The van der Waals surface area contributed by atoms with E-state index in [9.17, 15) is 0 Å². The van der Waals surface area contributed by atoms with E-state index in [4.69, 9.17) is 0 Å². The Hall–Kier alpha value is 0. The average molecular weight is 192 g/mol. The fourth-order valence-corrected chi connectivity index (χ4v) is 4.76. The molecule has 0 N–H and O–H groups in total. The number of hydrogen-bond donors (Lipinski definition) is 0. The van der Waals surface area contributed by atoms with Crippen LogP contribution in [0.15, 0.2) is 0 Å². The van der Waals surface area contributed by atoms with Crippen LogP contribution >= 0.6 is 0 Å². The van der Waals surface area contributed by atoms with Crippen LogP contribution in [-0.2, 0) is 0 Å². The van der Waals surface area contributed by atoms with Crippen LogP contribution in [0.25, 0.3) is 0 Å². The molecule has 0 spiro atoms. The minimum Gasteiger partial charge on any atom is -0.0620 e. The van der Waals surface area contributed by atoms with Crippen molar-refractivity contribution in [2.24, 2.45) is 35.5 Å². The van der Waals surface area contributed by atoms with E-state index in [1.807, 2.05) is 0 Å². The lowest BCUT2D eigenvalue weighted by molar-refractivity contribution is 0.288. The third kappa shape index (κ3) is 1.33. The highest BCUT2D eigenvalue weighted by molar-refractivity contribution is 4.93. The van der Waals surface area contributed by atoms with E-state index in [0.717, 1.165) is 35.5 Å². The van der Waals surface area contributed by atoms with Crippen LogP contribution in [0, 0.1) is 35.5 Å². The highest BCUT2D eigenvalue weighted by atomic mass is 14.5. The Morgan fingerprint density at radius 3 is 1.64 bits per heavy atom. The molecule has 3 saturated carbocycles. The molecule has 0 aromatic rings. The molecule has 80 valence electrons. The van der Waals surface area contributed by atoms with Gasteiger partial charge in [-0.25, -0.2) is 0 Å². The van der Waals surface area contributed by atoms with Gasteiger partial charge in [-0.2, -0.15) is 0 Å². The van der Waals surface area contributed by atoms with Gasteiger partial charge in [0.15, 0.2) is 0 Å². The van der Waals surface area contributed by atoms with Gasteiger partial charge in [0.2, 0.25) is 0 Å². The molecular weight excluding hydrogens is 168 g/mol. The lowest BCUT2D eigenvalue weighted by Crippen LogP contribution is -2.12. The number of rotatable bonds is 0. The van der Waals surface area contributed by atoms with Crippen LogP contribution in [0.1, 0.15) is 52.4 Å². The lowest BCUT2D eigenvalue weighted by atomic mass is 9.83. The van der Waals surface area contributed by atoms with Crippen molar-refractivity contribution in [2.75, 3.05) is 0 Å². The van der Waals surface area contributed by atoms with E-state index in [1.54, 1.807) is 38.5 Å². The highest BCUT2D eigenvalue weighted by Crippen LogP contribution is 2.53. The van der Waals surface area contributed by atoms with Gasteiger partial charge in [-0.1, -0.05) is 26.7 Å². The highest BCUT2D eigenvalue weighted by Gasteiger charge is 2.43. The van der Waals surface area contributed by atoms with Crippen LogP contribution in [0.3, 0.4) is 0 Å². The van der Waals surface area contributed by atoms with Gasteiger partial charge in [-0.3, -0.25) is 0 Å². The molecule has 3 rings (SSSR count). The van der Waals surface area contributed by atoms with Gasteiger partial charge in [0.25, 0.3) is 0 Å². The summed E-state index contributed by atoms with van der Waals surface area (Å²) in [6.45, 7) is 5.04. The van der Waals surface area contributed by atoms with Crippen molar-refractivity contribution in [3.05, 3.63) is 0 Å². The third-order valence-electron chi connectivity index (χ3n) is 5.84. The molecule has 3 fully saturated rings. The van der Waals surface area contributed by atoms with Crippen molar-refractivity contribution in [3.63, 3.8) is 0 Å². The van der Waals surface area contributed by atoms with Crippen molar-refractivity contribution < 1.29 is 0 Å². The zero-order valence-electron chi connectivity index (χ0n) is 9.71. The lowest BCUT2D eigenvalue weighted by Gasteiger charge is -2.22. The smallest absolute Gasteiger partial charge is 0.0380 e. The Morgan fingerprint density at radius 2 is 1.14 bits per heavy atom. The predicted molar refractivity (Wildman–Crippen MR) is 60.0 cm³/mol. The monoisotopic (exact) mass is 192 g/mol. The van der Waals surface area contributed by atoms with Gasteiger partial charge < -0.3 is 0 Å². The molecular formula is C14H24. The second-order valence-corrected chi connectivity index (χ2v) is 6.49. The van der Waals surface area contributed by atoms with Gasteiger partial charge in [0.1, 0.15) is 0 Å². The van der Waals surface area contributed by atoms with E-state index in [-0.39, 0.29) is 0 Å². The Balaban J connectivity index is 1.82. The average Bonchev–Trinajstić information content (AvgIpc) is 2.68. The fourth-order valence-electron chi connectivity index (χ4n) is 4.76. The summed E-state index contributed by atoms with van der Waals surface area (Å²) in [6.07, 6.45) is 9.46. The molecule has 0 aliphatic heterocycles. The Kier molecular flexibility index (Phi) is 2.15. The maximum Gasteiger partial charge on any atom is -0.0380 e. The normalized spacial score (nSPS) is 57.0. The molecule has 3 aliphatic carbocycles. The second kappa shape index (κ2) is 3.25. The molecule has 6 unspecified atom stereocenters. The maximum absolute atomic E-state index is 2.52. The molecule has 0 saturated heterocycles. The van der Waals surface area contributed by atoms with Crippen molar-refractivity contribution in [2.45, 2.75) is 52.4 Å². The SMILES string of the molecule is CC1C2CC3CCC(C3)CC(C2)C1C. The van der Waals surface area contributed by atoms with Crippen molar-refractivity contribution in [1.29, 1.82) is 0 Å². The van der Waals surface area contributed by atoms with Crippen LogP contribution in [-0.4, -0.2) is 0 Å². The maximum atomic E-state index is 2.52. The van der Waals surface area contributed by atoms with Gasteiger partial charge in [0.05, 0.1) is 0 Å². The molecule has 0 radical (unpaired) electrons. The van der Waals surface area contributed by atoms with Crippen molar-refractivity contribution in [3.8, 4) is 0 Å². The standard InChI is InChI=1S/C14H24/c1-9-10(2)14-7-12-4-3-11(5-12)6-13(9)8-14/h9-14H,3-8H2,1-2H3. The van der Waals surface area contributed by atoms with Crippen LogP contribution < -0.4 is 0 Å². The molecule has 0 amide bonds. The summed E-state index contributed by atoms with van der Waals surface area (Å²) in [6, 6.07) is 0. The summed E-state index contributed by atoms with van der Waals surface area (Å²) in [7, 11) is 0. The largest absolute Gasteiger partial charge is 0.0620 e. The van der Waals surface area contributed by atoms with E-state index >= 15 is 0 Å². The first-order chi connectivity index (χ1) is 6.74. The van der Waals surface area contributed by atoms with Crippen LogP contribution in [0.4, 0.5) is 0 Å². The van der Waals surface area contributed by atoms with Crippen LogP contribution in [0.2, 0.25) is 0 Å². The third-order valence-corrected chi connectivity index (χ3v) is 5.84.